The van der Waals surface area contributed by atoms with Gasteiger partial charge >= 0.3 is 0 Å². The summed E-state index contributed by atoms with van der Waals surface area (Å²) in [5.74, 6) is 1.57. The van der Waals surface area contributed by atoms with Crippen molar-refractivity contribution in [2.75, 3.05) is 19.8 Å². The van der Waals surface area contributed by atoms with Crippen molar-refractivity contribution >= 4 is 11.3 Å². The molecule has 0 spiro atoms. The lowest BCUT2D eigenvalue weighted by molar-refractivity contribution is 0.0846. The minimum absolute atomic E-state index is 0.411. The van der Waals surface area contributed by atoms with E-state index in [2.05, 4.69) is 19.2 Å². The Morgan fingerprint density at radius 1 is 1.47 bits per heavy atom. The van der Waals surface area contributed by atoms with Crippen LogP contribution in [0.15, 0.2) is 5.38 Å². The first kappa shape index (κ1) is 13.0. The molecule has 0 aliphatic carbocycles. The molecule has 2 N–H and O–H groups in total. The van der Waals surface area contributed by atoms with Crippen molar-refractivity contribution in [3.63, 3.8) is 0 Å². The number of nitrogens with zero attached hydrogens (tertiary/aromatic N) is 1. The maximum Gasteiger partial charge on any atom is 0.0974 e. The van der Waals surface area contributed by atoms with Crippen molar-refractivity contribution in [2.45, 2.75) is 38.5 Å². The van der Waals surface area contributed by atoms with Crippen LogP contribution < -0.4 is 5.73 Å². The third-order valence-corrected chi connectivity index (χ3v) is 4.55. The molecule has 1 unspecified atom stereocenters. The third-order valence-electron chi connectivity index (χ3n) is 3.56. The van der Waals surface area contributed by atoms with E-state index in [0.29, 0.717) is 24.3 Å². The van der Waals surface area contributed by atoms with Gasteiger partial charge in [0.15, 0.2) is 0 Å². The van der Waals surface area contributed by atoms with E-state index in [1.165, 1.54) is 10.7 Å². The Hall–Kier alpha value is -0.450. The summed E-state index contributed by atoms with van der Waals surface area (Å²) in [6.45, 7) is 6.88. The summed E-state index contributed by atoms with van der Waals surface area (Å²) < 4.78 is 5.39. The van der Waals surface area contributed by atoms with E-state index in [1.54, 1.807) is 11.3 Å². The first-order valence-electron chi connectivity index (χ1n) is 6.45. The van der Waals surface area contributed by atoms with Gasteiger partial charge in [-0.15, -0.1) is 11.3 Å². The molecule has 1 saturated heterocycles. The molecule has 1 aliphatic rings. The van der Waals surface area contributed by atoms with Crippen LogP contribution in [0.25, 0.3) is 0 Å². The first-order chi connectivity index (χ1) is 8.22. The lowest BCUT2D eigenvalue weighted by Crippen LogP contribution is -2.18. The van der Waals surface area contributed by atoms with Crippen molar-refractivity contribution < 1.29 is 4.74 Å². The van der Waals surface area contributed by atoms with Gasteiger partial charge in [0.1, 0.15) is 0 Å². The zero-order valence-electron chi connectivity index (χ0n) is 10.7. The fourth-order valence-corrected chi connectivity index (χ4v) is 3.50. The first-order valence-corrected chi connectivity index (χ1v) is 7.33. The van der Waals surface area contributed by atoms with Gasteiger partial charge < -0.3 is 10.5 Å². The molecule has 2 rings (SSSR count). The largest absolute Gasteiger partial charge is 0.381 e. The maximum absolute atomic E-state index is 5.84. The van der Waals surface area contributed by atoms with Gasteiger partial charge in [-0.05, 0) is 18.8 Å². The van der Waals surface area contributed by atoms with Crippen molar-refractivity contribution in [2.24, 2.45) is 11.7 Å². The van der Waals surface area contributed by atoms with E-state index in [9.17, 15) is 0 Å². The molecule has 0 radical (unpaired) electrons. The summed E-state index contributed by atoms with van der Waals surface area (Å²) in [7, 11) is 0. The van der Waals surface area contributed by atoms with E-state index in [0.717, 1.165) is 26.1 Å². The van der Waals surface area contributed by atoms with Crippen molar-refractivity contribution in [3.8, 4) is 0 Å². The monoisotopic (exact) mass is 254 g/mol. The van der Waals surface area contributed by atoms with Crippen LogP contribution in [-0.2, 0) is 4.74 Å². The molecule has 1 aromatic rings. The number of hydrogen-bond acceptors (Lipinski definition) is 4. The maximum atomic E-state index is 5.84. The Morgan fingerprint density at radius 2 is 2.18 bits per heavy atom. The van der Waals surface area contributed by atoms with E-state index >= 15 is 0 Å². The summed E-state index contributed by atoms with van der Waals surface area (Å²) in [5, 5.41) is 3.43. The summed E-state index contributed by atoms with van der Waals surface area (Å²) in [4.78, 5) is 4.81. The highest BCUT2D eigenvalue weighted by Crippen LogP contribution is 2.32. The molecule has 1 aliphatic heterocycles. The van der Waals surface area contributed by atoms with Gasteiger partial charge in [-0.25, -0.2) is 4.98 Å². The third kappa shape index (κ3) is 3.06. The SMILES string of the molecule is CC(C)C(CN)c1nc(C2CCOCC2)cs1. The lowest BCUT2D eigenvalue weighted by Gasteiger charge is -2.20. The number of rotatable bonds is 4. The van der Waals surface area contributed by atoms with Crippen LogP contribution in [0.4, 0.5) is 0 Å². The zero-order valence-corrected chi connectivity index (χ0v) is 11.5. The minimum Gasteiger partial charge on any atom is -0.381 e. The molecular formula is C13H22N2OS. The molecule has 2 heterocycles. The lowest BCUT2D eigenvalue weighted by atomic mass is 9.95. The van der Waals surface area contributed by atoms with Gasteiger partial charge in [-0.3, -0.25) is 0 Å². The van der Waals surface area contributed by atoms with Crippen LogP contribution in [0.3, 0.4) is 0 Å². The van der Waals surface area contributed by atoms with Crippen LogP contribution >= 0.6 is 11.3 Å². The molecule has 0 bridgehead atoms. The number of hydrogen-bond donors (Lipinski definition) is 1. The Morgan fingerprint density at radius 3 is 2.76 bits per heavy atom. The Balaban J connectivity index is 2.08. The Labute approximate surface area is 107 Å². The fourth-order valence-electron chi connectivity index (χ4n) is 2.31. The standard InChI is InChI=1S/C13H22N2OS/c1-9(2)11(7-14)13-15-12(8-17-13)10-3-5-16-6-4-10/h8-11H,3-7,14H2,1-2H3. The Kier molecular flexibility index (Phi) is 4.54. The summed E-state index contributed by atoms with van der Waals surface area (Å²) >= 11 is 1.77. The van der Waals surface area contributed by atoms with Gasteiger partial charge in [0.25, 0.3) is 0 Å². The highest BCUT2D eigenvalue weighted by atomic mass is 32.1. The second-order valence-electron chi connectivity index (χ2n) is 5.08. The van der Waals surface area contributed by atoms with Crippen LogP contribution in [0.2, 0.25) is 0 Å². The van der Waals surface area contributed by atoms with Gasteiger partial charge in [0.2, 0.25) is 0 Å². The normalized spacial score (nSPS) is 19.8. The van der Waals surface area contributed by atoms with Crippen molar-refractivity contribution in [3.05, 3.63) is 16.1 Å². The van der Waals surface area contributed by atoms with Crippen LogP contribution in [-0.4, -0.2) is 24.7 Å². The number of aromatic nitrogens is 1. The van der Waals surface area contributed by atoms with Gasteiger partial charge in [-0.2, -0.15) is 0 Å². The molecule has 96 valence electrons. The van der Waals surface area contributed by atoms with E-state index in [4.69, 9.17) is 15.5 Å². The average molecular weight is 254 g/mol. The van der Waals surface area contributed by atoms with Crippen molar-refractivity contribution in [1.82, 2.24) is 4.98 Å². The van der Waals surface area contributed by atoms with Gasteiger partial charge in [0.05, 0.1) is 10.7 Å². The molecule has 0 amide bonds. The molecular weight excluding hydrogens is 232 g/mol. The quantitative estimate of drug-likeness (QED) is 0.898. The minimum atomic E-state index is 0.411. The van der Waals surface area contributed by atoms with Crippen LogP contribution in [0.1, 0.15) is 49.2 Å². The Bertz CT molecular complexity index is 345. The molecule has 0 saturated carbocycles. The second-order valence-corrected chi connectivity index (χ2v) is 5.97. The highest BCUT2D eigenvalue weighted by molar-refractivity contribution is 7.09. The molecule has 4 heteroatoms. The van der Waals surface area contributed by atoms with Crippen LogP contribution in [0, 0.1) is 5.92 Å². The van der Waals surface area contributed by atoms with E-state index < -0.39 is 0 Å². The van der Waals surface area contributed by atoms with E-state index in [1.807, 2.05) is 0 Å². The number of nitrogens with two attached hydrogens (primary N) is 1. The molecule has 1 atom stereocenters. The highest BCUT2D eigenvalue weighted by Gasteiger charge is 2.22. The van der Waals surface area contributed by atoms with Crippen LogP contribution in [0.5, 0.6) is 0 Å². The van der Waals surface area contributed by atoms with Gasteiger partial charge in [0, 0.05) is 37.0 Å². The summed E-state index contributed by atoms with van der Waals surface area (Å²) in [5.41, 5.74) is 7.10. The second kappa shape index (κ2) is 5.94. The predicted octanol–water partition coefficient (Wildman–Crippen LogP) is 2.74. The molecule has 1 fully saturated rings. The summed E-state index contributed by atoms with van der Waals surface area (Å²) in [6, 6.07) is 0. The molecule has 17 heavy (non-hydrogen) atoms. The predicted molar refractivity (Wildman–Crippen MR) is 71.5 cm³/mol. The molecule has 3 nitrogen and oxygen atoms in total. The van der Waals surface area contributed by atoms with Crippen molar-refractivity contribution in [1.29, 1.82) is 0 Å². The number of ether oxygens (including phenoxy) is 1. The summed E-state index contributed by atoms with van der Waals surface area (Å²) in [6.07, 6.45) is 2.22. The van der Waals surface area contributed by atoms with E-state index in [-0.39, 0.29) is 0 Å². The zero-order chi connectivity index (χ0) is 12.3. The number of thiazole rings is 1. The topological polar surface area (TPSA) is 48.1 Å². The van der Waals surface area contributed by atoms with Gasteiger partial charge in [-0.1, -0.05) is 13.8 Å². The fraction of sp³-hybridized carbons (Fsp3) is 0.769. The smallest absolute Gasteiger partial charge is 0.0974 e. The molecule has 0 aromatic carbocycles. The molecule has 1 aromatic heterocycles. The average Bonchev–Trinajstić information content (AvgIpc) is 2.80.